The second-order valence-electron chi connectivity index (χ2n) is 11.4. The molecule has 0 spiro atoms. The van der Waals surface area contributed by atoms with Crippen LogP contribution < -0.4 is 19.7 Å². The summed E-state index contributed by atoms with van der Waals surface area (Å²) in [7, 11) is -4.10. The van der Waals surface area contributed by atoms with Crippen molar-refractivity contribution < 1.29 is 32.2 Å². The molecule has 5 rings (SSSR count). The van der Waals surface area contributed by atoms with E-state index >= 15 is 0 Å². The molecule has 3 aromatic carbocycles. The lowest BCUT2D eigenvalue weighted by molar-refractivity contribution is -0.672. The molecule has 3 N–H and O–H groups in total. The van der Waals surface area contributed by atoms with Crippen LogP contribution in [0.3, 0.4) is 0 Å². The molecule has 47 heavy (non-hydrogen) atoms. The second-order valence-corrected chi connectivity index (χ2v) is 15.5. The van der Waals surface area contributed by atoms with Crippen LogP contribution in [0.1, 0.15) is 35.9 Å². The molecule has 1 unspecified atom stereocenters. The Kier molecular flexibility index (Phi) is 10.8. The van der Waals surface area contributed by atoms with Gasteiger partial charge in [-0.2, -0.15) is 13.0 Å². The van der Waals surface area contributed by atoms with Crippen molar-refractivity contribution in [2.24, 2.45) is 0 Å². The number of amides is 1. The van der Waals surface area contributed by atoms with E-state index in [1.54, 1.807) is 23.6 Å². The summed E-state index contributed by atoms with van der Waals surface area (Å²) in [6.07, 6.45) is 2.34. The average Bonchev–Trinajstić information content (AvgIpc) is 3.52. The minimum atomic E-state index is -4.10. The summed E-state index contributed by atoms with van der Waals surface area (Å²) in [4.78, 5) is 29.8. The number of carboxylic acids is 1. The summed E-state index contributed by atoms with van der Waals surface area (Å²) in [5, 5.41) is 15.0. The quantitative estimate of drug-likeness (QED) is 0.111. The van der Waals surface area contributed by atoms with Gasteiger partial charge >= 0.3 is 5.97 Å². The van der Waals surface area contributed by atoms with Crippen LogP contribution in [0, 0.1) is 13.8 Å². The third-order valence-corrected chi connectivity index (χ3v) is 11.1. The van der Waals surface area contributed by atoms with Crippen LogP contribution in [0.15, 0.2) is 70.6 Å². The number of anilines is 2. The molecule has 0 fully saturated rings. The fourth-order valence-corrected chi connectivity index (χ4v) is 8.22. The van der Waals surface area contributed by atoms with Gasteiger partial charge in [0.2, 0.25) is 18.1 Å². The maximum atomic E-state index is 13.2. The van der Waals surface area contributed by atoms with Gasteiger partial charge < -0.3 is 20.2 Å². The molecule has 1 aliphatic rings. The second kappa shape index (κ2) is 14.7. The van der Waals surface area contributed by atoms with Gasteiger partial charge in [-0.3, -0.25) is 9.35 Å². The summed E-state index contributed by atoms with van der Waals surface area (Å²) in [5.41, 5.74) is 4.65. The number of halogens is 1. The van der Waals surface area contributed by atoms with Gasteiger partial charge in [0.1, 0.15) is 10.7 Å². The lowest BCUT2D eigenvalue weighted by Gasteiger charge is -2.28. The number of carbonyl (C=O) groups is 2. The molecule has 0 aliphatic carbocycles. The monoisotopic (exact) mass is 715 g/mol. The number of fused-ring (bicyclic) bond motifs is 2. The number of nitrogens with one attached hydrogen (secondary N) is 1. The van der Waals surface area contributed by atoms with E-state index in [1.807, 2.05) is 79.1 Å². The molecule has 14 heteroatoms. The molecule has 0 bridgehead atoms. The third-order valence-electron chi connectivity index (χ3n) is 7.81. The molecule has 2 heterocycles. The predicted octanol–water partition coefficient (Wildman–Crippen LogP) is 6.09. The highest BCUT2D eigenvalue weighted by atomic mass is 35.5. The Labute approximate surface area is 287 Å². The number of thioether (sulfide) groups is 1. The van der Waals surface area contributed by atoms with E-state index in [0.717, 1.165) is 47.7 Å². The normalized spacial score (nSPS) is 14.4. The van der Waals surface area contributed by atoms with Crippen LogP contribution >= 0.6 is 34.7 Å². The van der Waals surface area contributed by atoms with Crippen LogP contribution in [0.4, 0.5) is 11.4 Å². The van der Waals surface area contributed by atoms with Crippen molar-refractivity contribution in [2.75, 3.05) is 28.6 Å². The average molecular weight is 716 g/mol. The standard InChI is InChI=1S/C33H35ClN4O6S3/c1-21-5-9-25(10-6-21)36(23(3)33(40)41)15-13-30(39)35-20-38-27-18-24(34)8-12-29(27)46-32(38)19-31-37(14-4-16-47(42,43)44)26-17-22(2)7-11-28(26)45-31/h5-12,17-19,23H,4,13-16,20H2,1-3H3,(H2-,35,39,40,41,42,43,44)/p+1. The van der Waals surface area contributed by atoms with Crippen LogP contribution in [0.25, 0.3) is 16.3 Å². The molecule has 1 aromatic heterocycles. The minimum absolute atomic E-state index is 0.0807. The SMILES string of the molecule is Cc1ccc(N(CCC(=O)NC[n+]2c(/C=C3\Sc4ccc(C)cc4N3CCCS(=O)(=O)O)sc3ccc(Cl)cc32)C(C)C(=O)O)cc1. The molecular weight excluding hydrogens is 680 g/mol. The molecule has 0 saturated heterocycles. The maximum Gasteiger partial charge on any atom is 0.326 e. The Morgan fingerprint density at radius 1 is 1.09 bits per heavy atom. The van der Waals surface area contributed by atoms with Gasteiger partial charge in [0.25, 0.3) is 15.1 Å². The Morgan fingerprint density at radius 2 is 1.81 bits per heavy atom. The Morgan fingerprint density at radius 3 is 2.51 bits per heavy atom. The zero-order valence-electron chi connectivity index (χ0n) is 26.1. The first kappa shape index (κ1) is 34.7. The molecule has 0 radical (unpaired) electrons. The predicted molar refractivity (Wildman–Crippen MR) is 189 cm³/mol. The van der Waals surface area contributed by atoms with Gasteiger partial charge in [0.15, 0.2) is 0 Å². The summed E-state index contributed by atoms with van der Waals surface area (Å²) in [5.74, 6) is -1.56. The van der Waals surface area contributed by atoms with Crippen molar-refractivity contribution >= 4 is 84.4 Å². The van der Waals surface area contributed by atoms with E-state index in [-0.39, 0.29) is 37.7 Å². The van der Waals surface area contributed by atoms with E-state index in [2.05, 4.69) is 16.3 Å². The number of carboxylic acid groups (broad SMARTS) is 1. The van der Waals surface area contributed by atoms with Crippen LogP contribution in [0.5, 0.6) is 0 Å². The Hall–Kier alpha value is -3.62. The molecule has 10 nitrogen and oxygen atoms in total. The third kappa shape index (κ3) is 8.65. The summed E-state index contributed by atoms with van der Waals surface area (Å²) in [6, 6.07) is 18.4. The van der Waals surface area contributed by atoms with E-state index in [4.69, 9.17) is 11.6 Å². The van der Waals surface area contributed by atoms with Gasteiger partial charge in [-0.15, -0.1) is 0 Å². The van der Waals surface area contributed by atoms with Gasteiger partial charge in [-0.05, 0) is 69.2 Å². The summed E-state index contributed by atoms with van der Waals surface area (Å²) >= 11 is 9.49. The molecule has 1 amide bonds. The fraction of sp³-hybridized carbons (Fsp3) is 0.303. The number of thiazole rings is 1. The molecule has 0 saturated carbocycles. The molecular formula is C33H36ClN4O6S3+. The van der Waals surface area contributed by atoms with Gasteiger partial charge in [-0.25, -0.2) is 4.79 Å². The zero-order chi connectivity index (χ0) is 33.9. The maximum absolute atomic E-state index is 13.2. The smallest absolute Gasteiger partial charge is 0.326 e. The van der Waals surface area contributed by atoms with Crippen molar-refractivity contribution in [2.45, 2.75) is 51.2 Å². The molecule has 1 atom stereocenters. The van der Waals surface area contributed by atoms with E-state index in [1.165, 1.54) is 11.3 Å². The number of hydrogen-bond donors (Lipinski definition) is 3. The number of nitrogens with zero attached hydrogens (tertiary/aromatic N) is 3. The van der Waals surface area contributed by atoms with E-state index in [9.17, 15) is 27.7 Å². The first-order chi connectivity index (χ1) is 22.3. The highest BCUT2D eigenvalue weighted by Crippen LogP contribution is 2.47. The lowest BCUT2D eigenvalue weighted by atomic mass is 10.1. The van der Waals surface area contributed by atoms with Crippen LogP contribution in [-0.2, 0) is 26.4 Å². The highest BCUT2D eigenvalue weighted by Gasteiger charge is 2.29. The first-order valence-corrected chi connectivity index (χ1v) is 18.6. The lowest BCUT2D eigenvalue weighted by Crippen LogP contribution is -2.46. The topological polar surface area (TPSA) is 131 Å². The van der Waals surface area contributed by atoms with E-state index < -0.39 is 22.1 Å². The van der Waals surface area contributed by atoms with Crippen molar-refractivity contribution in [3.63, 3.8) is 0 Å². The van der Waals surface area contributed by atoms with Crippen LogP contribution in [0.2, 0.25) is 5.02 Å². The summed E-state index contributed by atoms with van der Waals surface area (Å²) in [6.45, 7) is 6.30. The van der Waals surface area contributed by atoms with Gasteiger partial charge in [0, 0.05) is 41.2 Å². The zero-order valence-corrected chi connectivity index (χ0v) is 29.3. The van der Waals surface area contributed by atoms with Gasteiger partial charge in [0.05, 0.1) is 22.5 Å². The van der Waals surface area contributed by atoms with Crippen molar-refractivity contribution in [1.82, 2.24) is 5.32 Å². The summed E-state index contributed by atoms with van der Waals surface area (Å²) < 4.78 is 35.2. The minimum Gasteiger partial charge on any atom is -0.480 e. The largest absolute Gasteiger partial charge is 0.480 e. The molecule has 248 valence electrons. The molecule has 1 aliphatic heterocycles. The van der Waals surface area contributed by atoms with Gasteiger partial charge in [-0.1, -0.05) is 58.5 Å². The van der Waals surface area contributed by atoms with Crippen molar-refractivity contribution in [3.8, 4) is 0 Å². The Bertz CT molecular complexity index is 1950. The first-order valence-electron chi connectivity index (χ1n) is 15.0. The number of aliphatic carboxylic acids is 1. The Balaban J connectivity index is 1.39. The number of carbonyl (C=O) groups excluding carboxylic acids is 1. The van der Waals surface area contributed by atoms with Crippen molar-refractivity contribution in [1.29, 1.82) is 0 Å². The number of hydrogen-bond acceptors (Lipinski definition) is 8. The van der Waals surface area contributed by atoms with Crippen LogP contribution in [-0.4, -0.2) is 54.8 Å². The highest BCUT2D eigenvalue weighted by molar-refractivity contribution is 8.03. The number of aryl methyl sites for hydroxylation is 2. The number of benzene rings is 3. The van der Waals surface area contributed by atoms with E-state index in [0.29, 0.717) is 11.6 Å². The van der Waals surface area contributed by atoms with Crippen molar-refractivity contribution in [3.05, 3.63) is 86.8 Å². The number of rotatable bonds is 13. The fourth-order valence-electron chi connectivity index (χ4n) is 5.30. The molecule has 4 aromatic rings. The number of aromatic nitrogens is 1.